The molecule has 0 fully saturated rings. The first-order valence-corrected chi connectivity index (χ1v) is 10.7. The Hall–Kier alpha value is -0.990. The Balaban J connectivity index is 1.74. The van der Waals surface area contributed by atoms with Gasteiger partial charge in [-0.25, -0.2) is 4.79 Å². The van der Waals surface area contributed by atoms with Crippen LogP contribution in [0.4, 0.5) is 5.00 Å². The van der Waals surface area contributed by atoms with Crippen LogP contribution in [0.25, 0.3) is 0 Å². The largest absolute Gasteiger partial charge is 0.462 e. The van der Waals surface area contributed by atoms with Crippen LogP contribution in [0.2, 0.25) is 0 Å². The third kappa shape index (κ3) is 3.81. The molecule has 8 heteroatoms. The minimum absolute atomic E-state index is 0.0966. The molecule has 2 heterocycles. The third-order valence-corrected chi connectivity index (χ3v) is 7.35. The van der Waals surface area contributed by atoms with Crippen molar-refractivity contribution in [3.8, 4) is 0 Å². The fourth-order valence-corrected chi connectivity index (χ4v) is 6.13. The average molecular weight is 385 g/mol. The number of anilines is 1. The summed E-state index contributed by atoms with van der Waals surface area (Å²) in [6.07, 6.45) is 2.92. The van der Waals surface area contributed by atoms with Gasteiger partial charge in [0.2, 0.25) is 5.91 Å². The van der Waals surface area contributed by atoms with Crippen LogP contribution in [0, 0.1) is 0 Å². The number of rotatable bonds is 5. The number of nitrogens with zero attached hydrogens (tertiary/aromatic N) is 1. The van der Waals surface area contributed by atoms with Gasteiger partial charge >= 0.3 is 5.97 Å². The van der Waals surface area contributed by atoms with Crippen molar-refractivity contribution >= 4 is 56.1 Å². The average Bonchev–Trinajstić information content (AvgIpc) is 3.24. The predicted octanol–water partition coefficient (Wildman–Crippen LogP) is 3.58. The number of aliphatic imine (C=N–C) groups is 1. The molecule has 1 aliphatic carbocycles. The summed E-state index contributed by atoms with van der Waals surface area (Å²) < 4.78 is 6.16. The summed E-state index contributed by atoms with van der Waals surface area (Å²) in [6, 6.07) is 0. The van der Waals surface area contributed by atoms with Gasteiger partial charge in [0.1, 0.15) is 9.38 Å². The fraction of sp³-hybridized carbons (Fsp3) is 0.562. The van der Waals surface area contributed by atoms with Crippen molar-refractivity contribution in [3.05, 3.63) is 16.0 Å². The summed E-state index contributed by atoms with van der Waals surface area (Å²) in [5.41, 5.74) is 1.62. The second-order valence-electron chi connectivity index (χ2n) is 5.53. The van der Waals surface area contributed by atoms with Crippen molar-refractivity contribution in [2.75, 3.05) is 24.2 Å². The zero-order chi connectivity index (χ0) is 17.1. The van der Waals surface area contributed by atoms with Crippen LogP contribution in [0.3, 0.4) is 0 Å². The summed E-state index contributed by atoms with van der Waals surface area (Å²) in [4.78, 5) is 30.4. The van der Waals surface area contributed by atoms with E-state index in [0.717, 1.165) is 41.5 Å². The molecule has 1 N–H and O–H groups in total. The van der Waals surface area contributed by atoms with E-state index in [1.165, 1.54) is 28.0 Å². The van der Waals surface area contributed by atoms with Gasteiger partial charge in [0, 0.05) is 10.6 Å². The summed E-state index contributed by atoms with van der Waals surface area (Å²) in [5, 5.41) is 3.33. The Labute approximate surface area is 154 Å². The van der Waals surface area contributed by atoms with Gasteiger partial charge in [0.25, 0.3) is 0 Å². The molecule has 130 valence electrons. The smallest absolute Gasteiger partial charge is 0.341 e. The molecule has 24 heavy (non-hydrogen) atoms. The lowest BCUT2D eigenvalue weighted by Crippen LogP contribution is -2.24. The minimum atomic E-state index is -0.330. The summed E-state index contributed by atoms with van der Waals surface area (Å²) in [5.74, 6) is 0.560. The highest BCUT2D eigenvalue weighted by molar-refractivity contribution is 8.39. The van der Waals surface area contributed by atoms with Crippen molar-refractivity contribution in [2.45, 2.75) is 38.4 Å². The molecule has 1 atom stereocenters. The molecule has 0 bridgehead atoms. The lowest BCUT2D eigenvalue weighted by Gasteiger charge is -2.12. The monoisotopic (exact) mass is 384 g/mol. The number of amides is 1. The predicted molar refractivity (Wildman–Crippen MR) is 103 cm³/mol. The van der Waals surface area contributed by atoms with Gasteiger partial charge in [-0.05, 0) is 38.7 Å². The van der Waals surface area contributed by atoms with Crippen molar-refractivity contribution in [1.29, 1.82) is 0 Å². The Morgan fingerprint density at radius 2 is 2.25 bits per heavy atom. The van der Waals surface area contributed by atoms with E-state index in [1.807, 2.05) is 6.92 Å². The topological polar surface area (TPSA) is 67.8 Å². The van der Waals surface area contributed by atoms with Gasteiger partial charge in [0.15, 0.2) is 0 Å². The van der Waals surface area contributed by atoms with Crippen LogP contribution in [0.15, 0.2) is 4.99 Å². The molecule has 0 radical (unpaired) electrons. The van der Waals surface area contributed by atoms with Gasteiger partial charge in [-0.1, -0.05) is 23.5 Å². The fourth-order valence-electron chi connectivity index (χ4n) is 2.72. The van der Waals surface area contributed by atoms with E-state index in [1.54, 1.807) is 18.7 Å². The summed E-state index contributed by atoms with van der Waals surface area (Å²) in [7, 11) is 0. The standard InChI is InChI=1S/C16H20N2O3S3/c1-3-21-15(20)12-10-5-4-6-11(10)24-14(12)18-13(19)9(2)23-16-17-7-8-22-16/h9H,3-8H2,1-2H3,(H,18,19). The molecule has 1 aromatic heterocycles. The Morgan fingerprint density at radius 3 is 2.96 bits per heavy atom. The molecule has 1 aliphatic heterocycles. The van der Waals surface area contributed by atoms with E-state index >= 15 is 0 Å². The van der Waals surface area contributed by atoms with Gasteiger partial charge in [-0.3, -0.25) is 9.79 Å². The molecular weight excluding hydrogens is 364 g/mol. The van der Waals surface area contributed by atoms with Gasteiger partial charge in [-0.2, -0.15) is 0 Å². The van der Waals surface area contributed by atoms with Crippen molar-refractivity contribution in [3.63, 3.8) is 0 Å². The Morgan fingerprint density at radius 1 is 1.42 bits per heavy atom. The first kappa shape index (κ1) is 17.8. The van der Waals surface area contributed by atoms with E-state index in [2.05, 4.69) is 10.3 Å². The lowest BCUT2D eigenvalue weighted by atomic mass is 10.1. The second kappa shape index (κ2) is 7.93. The number of esters is 1. The molecular formula is C16H20N2O3S3. The number of fused-ring (bicyclic) bond motifs is 1. The van der Waals surface area contributed by atoms with Gasteiger partial charge in [-0.15, -0.1) is 11.3 Å². The number of carbonyl (C=O) groups excluding carboxylic acids is 2. The summed E-state index contributed by atoms with van der Waals surface area (Å²) >= 11 is 4.68. The molecule has 0 saturated heterocycles. The molecule has 5 nitrogen and oxygen atoms in total. The zero-order valence-corrected chi connectivity index (χ0v) is 16.2. The molecule has 0 aromatic carbocycles. The molecule has 2 aliphatic rings. The first-order valence-electron chi connectivity index (χ1n) is 8.06. The highest BCUT2D eigenvalue weighted by Crippen LogP contribution is 2.40. The van der Waals surface area contributed by atoms with Gasteiger partial charge in [0.05, 0.1) is 24.0 Å². The molecule has 0 saturated carbocycles. The van der Waals surface area contributed by atoms with Crippen LogP contribution in [-0.4, -0.2) is 40.4 Å². The SMILES string of the molecule is CCOC(=O)c1c(NC(=O)C(C)SC2=NCCS2)sc2c1CCC2. The van der Waals surface area contributed by atoms with E-state index in [4.69, 9.17) is 4.74 Å². The molecule has 0 spiro atoms. The van der Waals surface area contributed by atoms with Crippen molar-refractivity contribution in [1.82, 2.24) is 0 Å². The zero-order valence-electron chi connectivity index (χ0n) is 13.7. The van der Waals surface area contributed by atoms with E-state index in [0.29, 0.717) is 17.2 Å². The normalized spacial score (nSPS) is 17.3. The number of hydrogen-bond donors (Lipinski definition) is 1. The molecule has 1 unspecified atom stereocenters. The van der Waals surface area contributed by atoms with Crippen LogP contribution in [-0.2, 0) is 22.4 Å². The Kier molecular flexibility index (Phi) is 5.89. The minimum Gasteiger partial charge on any atom is -0.462 e. The lowest BCUT2D eigenvalue weighted by molar-refractivity contribution is -0.115. The Bertz CT molecular complexity index is 684. The van der Waals surface area contributed by atoms with Crippen LogP contribution < -0.4 is 5.32 Å². The van der Waals surface area contributed by atoms with E-state index in [-0.39, 0.29) is 17.1 Å². The molecule has 3 rings (SSSR count). The molecule has 1 aromatic rings. The number of thioether (sulfide) groups is 2. The number of nitrogens with one attached hydrogen (secondary N) is 1. The first-order chi connectivity index (χ1) is 11.6. The third-order valence-electron chi connectivity index (χ3n) is 3.84. The highest BCUT2D eigenvalue weighted by Gasteiger charge is 2.29. The summed E-state index contributed by atoms with van der Waals surface area (Å²) in [6.45, 7) is 4.82. The van der Waals surface area contributed by atoms with Crippen LogP contribution in [0.5, 0.6) is 0 Å². The quantitative estimate of drug-likeness (QED) is 0.786. The van der Waals surface area contributed by atoms with Crippen LogP contribution in [0.1, 0.15) is 41.1 Å². The second-order valence-corrected chi connectivity index (χ2v) is 9.30. The number of ether oxygens (including phenoxy) is 1. The van der Waals surface area contributed by atoms with Crippen LogP contribution >= 0.6 is 34.9 Å². The maximum atomic E-state index is 12.5. The number of aryl methyl sites for hydroxylation is 1. The van der Waals surface area contributed by atoms with Crippen molar-refractivity contribution < 1.29 is 14.3 Å². The number of thiophene rings is 1. The van der Waals surface area contributed by atoms with E-state index < -0.39 is 0 Å². The van der Waals surface area contributed by atoms with Gasteiger partial charge < -0.3 is 10.1 Å². The highest BCUT2D eigenvalue weighted by atomic mass is 32.2. The number of hydrogen-bond acceptors (Lipinski definition) is 7. The number of carbonyl (C=O) groups is 2. The maximum absolute atomic E-state index is 12.5. The van der Waals surface area contributed by atoms with E-state index in [9.17, 15) is 9.59 Å². The maximum Gasteiger partial charge on any atom is 0.341 e. The van der Waals surface area contributed by atoms with Crippen molar-refractivity contribution in [2.24, 2.45) is 4.99 Å². The molecule has 1 amide bonds.